The lowest BCUT2D eigenvalue weighted by atomic mass is 10.2. The molecule has 0 bridgehead atoms. The van der Waals surface area contributed by atoms with E-state index in [9.17, 15) is 13.2 Å². The van der Waals surface area contributed by atoms with Crippen LogP contribution < -0.4 is 14.4 Å². The maximum Gasteiger partial charge on any atom is 0.240 e. The molecule has 0 radical (unpaired) electrons. The van der Waals surface area contributed by atoms with Gasteiger partial charge in [0.25, 0.3) is 0 Å². The number of carbonyl (C=O) groups excluding carboxylic acids is 1. The van der Waals surface area contributed by atoms with Crippen LogP contribution in [0.4, 0.5) is 5.69 Å². The van der Waals surface area contributed by atoms with Crippen molar-refractivity contribution in [3.8, 4) is 5.75 Å². The Bertz CT molecular complexity index is 871. The topological polar surface area (TPSA) is 75.7 Å². The van der Waals surface area contributed by atoms with E-state index in [0.717, 1.165) is 26.3 Å². The van der Waals surface area contributed by atoms with Crippen molar-refractivity contribution in [2.75, 3.05) is 30.3 Å². The first-order chi connectivity index (χ1) is 12.3. The highest BCUT2D eigenvalue weighted by Crippen LogP contribution is 2.21. The Morgan fingerprint density at radius 2 is 1.92 bits per heavy atom. The smallest absolute Gasteiger partial charge is 0.240 e. The number of anilines is 1. The molecule has 0 fully saturated rings. The van der Waals surface area contributed by atoms with Crippen LogP contribution in [0.3, 0.4) is 0 Å². The Balaban J connectivity index is 1.91. The van der Waals surface area contributed by atoms with Crippen LogP contribution in [-0.4, -0.2) is 40.3 Å². The molecule has 2 rings (SSSR count). The number of hydrogen-bond donors (Lipinski definition) is 1. The number of nitrogens with zero attached hydrogens (tertiary/aromatic N) is 1. The molecule has 0 unspecified atom stereocenters. The van der Waals surface area contributed by atoms with E-state index < -0.39 is 15.9 Å². The first kappa shape index (κ1) is 20.3. The zero-order chi connectivity index (χ0) is 19.2. The lowest BCUT2D eigenvalue weighted by molar-refractivity contribution is -0.119. The Kier molecular flexibility index (Phi) is 7.05. The fourth-order valence-electron chi connectivity index (χ4n) is 2.29. The van der Waals surface area contributed by atoms with E-state index in [2.05, 4.69) is 21.2 Å². The van der Waals surface area contributed by atoms with Crippen molar-refractivity contribution in [1.82, 2.24) is 5.32 Å². The van der Waals surface area contributed by atoms with Gasteiger partial charge in [-0.25, -0.2) is 8.42 Å². The predicted octanol–water partition coefficient (Wildman–Crippen LogP) is 2.72. The lowest BCUT2D eigenvalue weighted by Gasteiger charge is -2.22. The van der Waals surface area contributed by atoms with Gasteiger partial charge in [0.2, 0.25) is 15.9 Å². The fraction of sp³-hybridized carbons (Fsp3) is 0.278. The summed E-state index contributed by atoms with van der Waals surface area (Å²) in [5.74, 6) is 0.359. The molecule has 0 heterocycles. The largest absolute Gasteiger partial charge is 0.491 e. The van der Waals surface area contributed by atoms with Crippen LogP contribution in [0, 0.1) is 6.92 Å². The van der Waals surface area contributed by atoms with Gasteiger partial charge in [0, 0.05) is 4.47 Å². The van der Waals surface area contributed by atoms with Crippen molar-refractivity contribution in [3.63, 3.8) is 0 Å². The molecule has 2 aromatic carbocycles. The van der Waals surface area contributed by atoms with Crippen LogP contribution in [0.25, 0.3) is 0 Å². The Morgan fingerprint density at radius 1 is 1.19 bits per heavy atom. The van der Waals surface area contributed by atoms with Crippen LogP contribution in [0.5, 0.6) is 5.75 Å². The molecule has 1 N–H and O–H groups in total. The van der Waals surface area contributed by atoms with Crippen molar-refractivity contribution in [2.45, 2.75) is 6.92 Å². The van der Waals surface area contributed by atoms with E-state index >= 15 is 0 Å². The highest BCUT2D eigenvalue weighted by atomic mass is 79.9. The average molecular weight is 441 g/mol. The van der Waals surface area contributed by atoms with Crippen molar-refractivity contribution >= 4 is 37.5 Å². The summed E-state index contributed by atoms with van der Waals surface area (Å²) in [6.45, 7) is 2.23. The number of carbonyl (C=O) groups is 1. The normalized spacial score (nSPS) is 11.0. The zero-order valence-corrected chi connectivity index (χ0v) is 17.0. The summed E-state index contributed by atoms with van der Waals surface area (Å²) in [7, 11) is -3.59. The number of aryl methyl sites for hydroxylation is 1. The first-order valence-corrected chi connectivity index (χ1v) is 10.6. The molecule has 0 saturated heterocycles. The monoisotopic (exact) mass is 440 g/mol. The SMILES string of the molecule is Cc1ccccc1OCCNC(=O)CN(c1cccc(Br)c1)S(C)(=O)=O. The van der Waals surface area contributed by atoms with Crippen molar-refractivity contribution in [1.29, 1.82) is 0 Å². The third-order valence-corrected chi connectivity index (χ3v) is 5.19. The summed E-state index contributed by atoms with van der Waals surface area (Å²) < 4.78 is 31.5. The van der Waals surface area contributed by atoms with E-state index in [0.29, 0.717) is 12.3 Å². The number of sulfonamides is 1. The standard InChI is InChI=1S/C18H21BrN2O4S/c1-14-6-3-4-9-17(14)25-11-10-20-18(22)13-21(26(2,23)24)16-8-5-7-15(19)12-16/h3-9,12H,10-11,13H2,1-2H3,(H,20,22). The minimum Gasteiger partial charge on any atom is -0.491 e. The molecule has 1 amide bonds. The number of para-hydroxylation sites is 1. The van der Waals surface area contributed by atoms with Crippen molar-refractivity contribution in [3.05, 3.63) is 58.6 Å². The number of halogens is 1. The molecule has 0 aliphatic heterocycles. The molecule has 140 valence electrons. The Labute approximate surface area is 162 Å². The molecule has 26 heavy (non-hydrogen) atoms. The van der Waals surface area contributed by atoms with Gasteiger partial charge in [0.1, 0.15) is 18.9 Å². The zero-order valence-electron chi connectivity index (χ0n) is 14.6. The molecule has 2 aromatic rings. The van der Waals surface area contributed by atoms with E-state index in [1.54, 1.807) is 24.3 Å². The van der Waals surface area contributed by atoms with Crippen molar-refractivity contribution in [2.24, 2.45) is 0 Å². The highest BCUT2D eigenvalue weighted by molar-refractivity contribution is 9.10. The first-order valence-electron chi connectivity index (χ1n) is 7.96. The number of amides is 1. The Hall–Kier alpha value is -2.06. The second-order valence-electron chi connectivity index (χ2n) is 5.71. The second kappa shape index (κ2) is 9.05. The number of nitrogens with one attached hydrogen (secondary N) is 1. The van der Waals surface area contributed by atoms with Gasteiger partial charge in [-0.2, -0.15) is 0 Å². The van der Waals surface area contributed by atoms with Crippen molar-refractivity contribution < 1.29 is 17.9 Å². The molecule has 0 spiro atoms. The van der Waals surface area contributed by atoms with Gasteiger partial charge in [-0.3, -0.25) is 9.10 Å². The molecule has 0 saturated carbocycles. The minimum atomic E-state index is -3.59. The van der Waals surface area contributed by atoms with Gasteiger partial charge in [0.05, 0.1) is 18.5 Å². The summed E-state index contributed by atoms with van der Waals surface area (Å²) in [6.07, 6.45) is 1.07. The highest BCUT2D eigenvalue weighted by Gasteiger charge is 2.20. The van der Waals surface area contributed by atoms with Gasteiger partial charge in [-0.15, -0.1) is 0 Å². The summed E-state index contributed by atoms with van der Waals surface area (Å²) >= 11 is 3.30. The van der Waals surface area contributed by atoms with Crippen LogP contribution >= 0.6 is 15.9 Å². The maximum absolute atomic E-state index is 12.2. The van der Waals surface area contributed by atoms with Gasteiger partial charge in [-0.05, 0) is 36.8 Å². The number of benzene rings is 2. The van der Waals surface area contributed by atoms with Gasteiger partial charge in [0.15, 0.2) is 0 Å². The number of rotatable bonds is 8. The second-order valence-corrected chi connectivity index (χ2v) is 8.54. The molecule has 0 atom stereocenters. The third kappa shape index (κ3) is 6.03. The van der Waals surface area contributed by atoms with Crippen LogP contribution in [0.15, 0.2) is 53.0 Å². The summed E-state index contributed by atoms with van der Waals surface area (Å²) in [5, 5.41) is 2.68. The third-order valence-electron chi connectivity index (χ3n) is 3.56. The molecule has 0 aliphatic rings. The fourth-order valence-corrected chi connectivity index (χ4v) is 3.52. The van der Waals surface area contributed by atoms with Crippen LogP contribution in [0.2, 0.25) is 0 Å². The molecule has 8 heteroatoms. The summed E-state index contributed by atoms with van der Waals surface area (Å²) in [5.41, 5.74) is 1.44. The van der Waals surface area contributed by atoms with Gasteiger partial charge < -0.3 is 10.1 Å². The van der Waals surface area contributed by atoms with Gasteiger partial charge >= 0.3 is 0 Å². The predicted molar refractivity (Wildman–Crippen MR) is 106 cm³/mol. The number of hydrogen-bond acceptors (Lipinski definition) is 4. The number of ether oxygens (including phenoxy) is 1. The van der Waals surface area contributed by atoms with Crippen LogP contribution in [-0.2, 0) is 14.8 Å². The summed E-state index contributed by atoms with van der Waals surface area (Å²) in [4.78, 5) is 12.2. The molecule has 6 nitrogen and oxygen atoms in total. The van der Waals surface area contributed by atoms with Crippen LogP contribution in [0.1, 0.15) is 5.56 Å². The average Bonchev–Trinajstić information content (AvgIpc) is 2.57. The lowest BCUT2D eigenvalue weighted by Crippen LogP contribution is -2.41. The van der Waals surface area contributed by atoms with E-state index in [-0.39, 0.29) is 13.1 Å². The molecular formula is C18H21BrN2O4S. The molecule has 0 aliphatic carbocycles. The molecule has 0 aromatic heterocycles. The minimum absolute atomic E-state index is 0.281. The van der Waals surface area contributed by atoms with Gasteiger partial charge in [-0.1, -0.05) is 40.2 Å². The quantitative estimate of drug-likeness (QED) is 0.640. The van der Waals surface area contributed by atoms with E-state index in [1.165, 1.54) is 0 Å². The summed E-state index contributed by atoms with van der Waals surface area (Å²) in [6, 6.07) is 14.4. The van der Waals surface area contributed by atoms with E-state index in [1.807, 2.05) is 31.2 Å². The Morgan fingerprint density at radius 3 is 2.58 bits per heavy atom. The molecular weight excluding hydrogens is 420 g/mol. The maximum atomic E-state index is 12.2. The van der Waals surface area contributed by atoms with E-state index in [4.69, 9.17) is 4.74 Å².